The molecule has 0 aromatic carbocycles. The topological polar surface area (TPSA) is 51.1 Å². The molecule has 20 heavy (non-hydrogen) atoms. The lowest BCUT2D eigenvalue weighted by atomic mass is 10.2. The molecular formula is C15H18N4O. The third kappa shape index (κ3) is 3.18. The molecule has 2 aromatic heterocycles. The van der Waals surface area contributed by atoms with E-state index < -0.39 is 0 Å². The first-order chi connectivity index (χ1) is 9.81. The molecule has 3 rings (SSSR count). The maximum absolute atomic E-state index is 5.81. The molecule has 0 spiro atoms. The van der Waals surface area contributed by atoms with Gasteiger partial charge >= 0.3 is 0 Å². The summed E-state index contributed by atoms with van der Waals surface area (Å²) in [6.07, 6.45) is 5.43. The van der Waals surface area contributed by atoms with Crippen LogP contribution >= 0.6 is 0 Å². The van der Waals surface area contributed by atoms with E-state index in [2.05, 4.69) is 25.9 Å². The summed E-state index contributed by atoms with van der Waals surface area (Å²) in [5.74, 6) is 0. The zero-order chi connectivity index (χ0) is 13.8. The Bertz CT molecular complexity index is 544. The van der Waals surface area contributed by atoms with Gasteiger partial charge in [0.15, 0.2) is 0 Å². The van der Waals surface area contributed by atoms with Crippen LogP contribution in [0.15, 0.2) is 36.8 Å². The van der Waals surface area contributed by atoms with E-state index in [0.29, 0.717) is 6.61 Å². The number of nitrogens with zero attached hydrogens (tertiary/aromatic N) is 4. The van der Waals surface area contributed by atoms with Gasteiger partial charge in [0.05, 0.1) is 29.9 Å². The molecule has 3 heterocycles. The van der Waals surface area contributed by atoms with Gasteiger partial charge in [0, 0.05) is 32.0 Å². The number of hydrogen-bond acceptors (Lipinski definition) is 5. The van der Waals surface area contributed by atoms with E-state index in [4.69, 9.17) is 4.74 Å². The largest absolute Gasteiger partial charge is 0.369 e. The van der Waals surface area contributed by atoms with Gasteiger partial charge in [-0.2, -0.15) is 0 Å². The zero-order valence-corrected chi connectivity index (χ0v) is 11.6. The van der Waals surface area contributed by atoms with Gasteiger partial charge in [-0.25, -0.2) is 0 Å². The van der Waals surface area contributed by atoms with Gasteiger partial charge in [0.25, 0.3) is 0 Å². The van der Waals surface area contributed by atoms with E-state index in [1.54, 1.807) is 6.20 Å². The van der Waals surface area contributed by atoms with E-state index in [0.717, 1.165) is 36.7 Å². The molecule has 0 aliphatic carbocycles. The molecule has 5 heteroatoms. The van der Waals surface area contributed by atoms with Crippen molar-refractivity contribution in [3.05, 3.63) is 53.9 Å². The number of ether oxygens (including phenoxy) is 1. The normalized spacial score (nSPS) is 19.9. The number of pyridine rings is 1. The van der Waals surface area contributed by atoms with Crippen LogP contribution in [0.25, 0.3) is 0 Å². The van der Waals surface area contributed by atoms with Gasteiger partial charge < -0.3 is 4.74 Å². The maximum Gasteiger partial charge on any atom is 0.114 e. The van der Waals surface area contributed by atoms with Crippen LogP contribution in [-0.4, -0.2) is 39.5 Å². The van der Waals surface area contributed by atoms with E-state index in [-0.39, 0.29) is 6.10 Å². The minimum Gasteiger partial charge on any atom is -0.369 e. The van der Waals surface area contributed by atoms with Crippen LogP contribution in [0.1, 0.15) is 23.2 Å². The highest BCUT2D eigenvalue weighted by Crippen LogP contribution is 2.20. The summed E-state index contributed by atoms with van der Waals surface area (Å²) in [7, 11) is 0. The number of hydrogen-bond donors (Lipinski definition) is 0. The van der Waals surface area contributed by atoms with Gasteiger partial charge in [-0.05, 0) is 19.1 Å². The summed E-state index contributed by atoms with van der Waals surface area (Å²) in [6, 6.07) is 6.01. The minimum atomic E-state index is 0.000521. The molecule has 1 saturated heterocycles. The fourth-order valence-corrected chi connectivity index (χ4v) is 2.31. The highest BCUT2D eigenvalue weighted by Gasteiger charge is 2.23. The Hall–Kier alpha value is -1.85. The average molecular weight is 270 g/mol. The lowest BCUT2D eigenvalue weighted by molar-refractivity contribution is -0.0355. The molecule has 1 aliphatic rings. The Balaban J connectivity index is 1.66. The lowest BCUT2D eigenvalue weighted by Gasteiger charge is -2.32. The standard InChI is InChI=1S/C15H18N4O/c1-12-8-18-14(9-17-12)15-11-19(6-7-20-15)10-13-4-2-3-5-16-13/h2-5,8-9,15H,6-7,10-11H2,1H3/t15-/m0/s1. The molecule has 2 aromatic rings. The minimum absolute atomic E-state index is 0.000521. The molecule has 1 aliphatic heterocycles. The van der Waals surface area contributed by atoms with Crippen molar-refractivity contribution < 1.29 is 4.74 Å². The van der Waals surface area contributed by atoms with Crippen LogP contribution in [0.3, 0.4) is 0 Å². The SMILES string of the molecule is Cc1cnc([C@@H]2CN(Cc3ccccn3)CCO2)cn1. The Morgan fingerprint density at radius 1 is 1.25 bits per heavy atom. The molecule has 0 unspecified atom stereocenters. The van der Waals surface area contributed by atoms with Crippen molar-refractivity contribution >= 4 is 0 Å². The third-order valence-electron chi connectivity index (χ3n) is 3.39. The van der Waals surface area contributed by atoms with Gasteiger partial charge in [0.1, 0.15) is 6.10 Å². The number of aryl methyl sites for hydroxylation is 1. The molecule has 1 fully saturated rings. The monoisotopic (exact) mass is 270 g/mol. The van der Waals surface area contributed by atoms with Crippen LogP contribution in [0.2, 0.25) is 0 Å². The molecule has 0 radical (unpaired) electrons. The Kier molecular flexibility index (Phi) is 3.99. The van der Waals surface area contributed by atoms with Crippen LogP contribution in [0.5, 0.6) is 0 Å². The highest BCUT2D eigenvalue weighted by atomic mass is 16.5. The van der Waals surface area contributed by atoms with E-state index in [9.17, 15) is 0 Å². The highest BCUT2D eigenvalue weighted by molar-refractivity contribution is 5.07. The second-order valence-electron chi connectivity index (χ2n) is 5.00. The second-order valence-corrected chi connectivity index (χ2v) is 5.00. The number of morpholine rings is 1. The fraction of sp³-hybridized carbons (Fsp3) is 0.400. The number of aromatic nitrogens is 3. The molecule has 1 atom stereocenters. The summed E-state index contributed by atoms with van der Waals surface area (Å²) in [5, 5.41) is 0. The first kappa shape index (κ1) is 13.1. The maximum atomic E-state index is 5.81. The van der Waals surface area contributed by atoms with Gasteiger partial charge in [0.2, 0.25) is 0 Å². The molecular weight excluding hydrogens is 252 g/mol. The van der Waals surface area contributed by atoms with Crippen LogP contribution < -0.4 is 0 Å². The van der Waals surface area contributed by atoms with Gasteiger partial charge in [-0.3, -0.25) is 19.9 Å². The smallest absolute Gasteiger partial charge is 0.114 e. The zero-order valence-electron chi connectivity index (χ0n) is 11.6. The summed E-state index contributed by atoms with van der Waals surface area (Å²) < 4.78 is 5.81. The molecule has 104 valence electrons. The van der Waals surface area contributed by atoms with Gasteiger partial charge in [-0.1, -0.05) is 6.07 Å². The van der Waals surface area contributed by atoms with Crippen molar-refractivity contribution in [1.29, 1.82) is 0 Å². The first-order valence-electron chi connectivity index (χ1n) is 6.83. The fourth-order valence-electron chi connectivity index (χ4n) is 2.31. The second kappa shape index (κ2) is 6.07. The van der Waals surface area contributed by atoms with E-state index in [1.165, 1.54) is 0 Å². The molecule has 0 bridgehead atoms. The van der Waals surface area contributed by atoms with Crippen LogP contribution in [0, 0.1) is 6.92 Å². The van der Waals surface area contributed by atoms with Crippen molar-refractivity contribution in [3.8, 4) is 0 Å². The molecule has 5 nitrogen and oxygen atoms in total. The summed E-state index contributed by atoms with van der Waals surface area (Å²) in [4.78, 5) is 15.4. The summed E-state index contributed by atoms with van der Waals surface area (Å²) in [6.45, 7) is 5.25. The molecule has 0 N–H and O–H groups in total. The van der Waals surface area contributed by atoms with Crippen LogP contribution in [-0.2, 0) is 11.3 Å². The predicted octanol–water partition coefficient (Wildman–Crippen LogP) is 1.75. The molecule has 0 amide bonds. The van der Waals surface area contributed by atoms with E-state index >= 15 is 0 Å². The molecule has 0 saturated carbocycles. The summed E-state index contributed by atoms with van der Waals surface area (Å²) in [5.41, 5.74) is 2.92. The predicted molar refractivity (Wildman–Crippen MR) is 75.0 cm³/mol. The van der Waals surface area contributed by atoms with Crippen molar-refractivity contribution in [2.75, 3.05) is 19.7 Å². The number of rotatable bonds is 3. The van der Waals surface area contributed by atoms with Crippen molar-refractivity contribution in [3.63, 3.8) is 0 Å². The Morgan fingerprint density at radius 3 is 2.95 bits per heavy atom. The Morgan fingerprint density at radius 2 is 2.20 bits per heavy atom. The van der Waals surface area contributed by atoms with Crippen LogP contribution in [0.4, 0.5) is 0 Å². The first-order valence-corrected chi connectivity index (χ1v) is 6.83. The Labute approximate surface area is 118 Å². The lowest BCUT2D eigenvalue weighted by Crippen LogP contribution is -2.38. The van der Waals surface area contributed by atoms with Gasteiger partial charge in [-0.15, -0.1) is 0 Å². The third-order valence-corrected chi connectivity index (χ3v) is 3.39. The summed E-state index contributed by atoms with van der Waals surface area (Å²) >= 11 is 0. The van der Waals surface area contributed by atoms with E-state index in [1.807, 2.05) is 31.5 Å². The van der Waals surface area contributed by atoms with Crippen molar-refractivity contribution in [2.24, 2.45) is 0 Å². The quantitative estimate of drug-likeness (QED) is 0.850. The van der Waals surface area contributed by atoms with Crippen molar-refractivity contribution in [2.45, 2.75) is 19.6 Å². The average Bonchev–Trinajstić information content (AvgIpc) is 2.49. The van der Waals surface area contributed by atoms with Crippen molar-refractivity contribution in [1.82, 2.24) is 19.9 Å².